The third-order valence-corrected chi connectivity index (χ3v) is 3.10. The van der Waals surface area contributed by atoms with Crippen LogP contribution in [0.15, 0.2) is 48.5 Å². The molecule has 0 heterocycles. The zero-order valence-electron chi connectivity index (χ0n) is 11.4. The maximum absolute atomic E-state index is 13.0. The van der Waals surface area contributed by atoms with Crippen LogP contribution in [-0.2, 0) is 4.79 Å². The zero-order chi connectivity index (χ0) is 14.7. The monoisotopic (exact) mass is 270 g/mol. The summed E-state index contributed by atoms with van der Waals surface area (Å²) < 4.78 is 13.0. The molecular formula is C17H15FO2. The van der Waals surface area contributed by atoms with Crippen LogP contribution >= 0.6 is 0 Å². The van der Waals surface area contributed by atoms with Gasteiger partial charge in [-0.2, -0.15) is 0 Å². The second-order valence-electron chi connectivity index (χ2n) is 4.72. The van der Waals surface area contributed by atoms with Crippen molar-refractivity contribution in [3.05, 3.63) is 76.6 Å². The van der Waals surface area contributed by atoms with Gasteiger partial charge in [-0.3, -0.25) is 0 Å². The summed E-state index contributed by atoms with van der Waals surface area (Å²) in [5.41, 5.74) is 4.20. The van der Waals surface area contributed by atoms with E-state index in [2.05, 4.69) is 0 Å². The van der Waals surface area contributed by atoms with E-state index in [0.29, 0.717) is 11.1 Å². The summed E-state index contributed by atoms with van der Waals surface area (Å²) in [6.07, 6.45) is 1.16. The van der Waals surface area contributed by atoms with Gasteiger partial charge in [-0.25, -0.2) is 9.18 Å². The van der Waals surface area contributed by atoms with Gasteiger partial charge in [0.2, 0.25) is 0 Å². The number of carbonyl (C=O) groups is 1. The third kappa shape index (κ3) is 3.12. The Labute approximate surface area is 117 Å². The minimum atomic E-state index is -1.02. The Morgan fingerprint density at radius 2 is 1.75 bits per heavy atom. The van der Waals surface area contributed by atoms with Crippen molar-refractivity contribution in [2.45, 2.75) is 13.8 Å². The summed E-state index contributed by atoms with van der Waals surface area (Å²) in [4.78, 5) is 11.1. The van der Waals surface area contributed by atoms with Crippen molar-refractivity contribution < 1.29 is 14.3 Å². The number of aliphatic carboxylic acids is 1. The van der Waals surface area contributed by atoms with Crippen LogP contribution in [0.5, 0.6) is 0 Å². The summed E-state index contributed by atoms with van der Waals surface area (Å²) in [6, 6.07) is 11.6. The molecule has 0 unspecified atom stereocenters. The van der Waals surface area contributed by atoms with Crippen LogP contribution in [0.1, 0.15) is 22.3 Å². The van der Waals surface area contributed by atoms with Gasteiger partial charge in [0, 0.05) is 6.08 Å². The lowest BCUT2D eigenvalue weighted by atomic mass is 9.93. The molecule has 2 aromatic carbocycles. The molecule has 2 nitrogen and oxygen atoms in total. The van der Waals surface area contributed by atoms with Gasteiger partial charge >= 0.3 is 5.97 Å². The molecule has 0 spiro atoms. The second kappa shape index (κ2) is 5.70. The largest absolute Gasteiger partial charge is 0.478 e. The van der Waals surface area contributed by atoms with Gasteiger partial charge in [0.05, 0.1) is 0 Å². The standard InChI is InChI=1S/C17H15FO2/c1-11-3-8-15(12(2)9-11)16(10-17(19)20)13-4-6-14(18)7-5-13/h3-10H,1-2H3,(H,19,20). The Bertz CT molecular complexity index is 670. The fraction of sp³-hybridized carbons (Fsp3) is 0.118. The number of carboxylic acids is 1. The number of halogens is 1. The van der Waals surface area contributed by atoms with E-state index in [1.54, 1.807) is 12.1 Å². The molecule has 0 aliphatic carbocycles. The van der Waals surface area contributed by atoms with Gasteiger partial charge in [-0.1, -0.05) is 35.9 Å². The highest BCUT2D eigenvalue weighted by molar-refractivity contribution is 5.95. The Kier molecular flexibility index (Phi) is 3.99. The van der Waals surface area contributed by atoms with Gasteiger partial charge in [0.15, 0.2) is 0 Å². The van der Waals surface area contributed by atoms with E-state index >= 15 is 0 Å². The van der Waals surface area contributed by atoms with E-state index in [9.17, 15) is 9.18 Å². The topological polar surface area (TPSA) is 37.3 Å². The van der Waals surface area contributed by atoms with E-state index < -0.39 is 5.97 Å². The lowest BCUT2D eigenvalue weighted by Gasteiger charge is -2.11. The zero-order valence-corrected chi connectivity index (χ0v) is 11.4. The highest BCUT2D eigenvalue weighted by atomic mass is 19.1. The Morgan fingerprint density at radius 1 is 1.10 bits per heavy atom. The van der Waals surface area contributed by atoms with Gasteiger partial charge in [-0.05, 0) is 48.2 Å². The van der Waals surface area contributed by atoms with E-state index in [1.807, 2.05) is 32.0 Å². The summed E-state index contributed by atoms with van der Waals surface area (Å²) in [5, 5.41) is 9.06. The highest BCUT2D eigenvalue weighted by Crippen LogP contribution is 2.27. The second-order valence-corrected chi connectivity index (χ2v) is 4.72. The molecule has 0 radical (unpaired) electrons. The SMILES string of the molecule is Cc1ccc(C(=CC(=O)O)c2ccc(F)cc2)c(C)c1. The summed E-state index contributed by atoms with van der Waals surface area (Å²) in [5.74, 6) is -1.37. The molecule has 20 heavy (non-hydrogen) atoms. The molecule has 0 saturated carbocycles. The predicted octanol–water partition coefficient (Wildman–Crippen LogP) is 3.96. The van der Waals surface area contributed by atoms with Gasteiger partial charge in [0.1, 0.15) is 5.82 Å². The maximum atomic E-state index is 13.0. The van der Waals surface area contributed by atoms with Crippen molar-refractivity contribution in [2.75, 3.05) is 0 Å². The molecule has 0 aromatic heterocycles. The highest BCUT2D eigenvalue weighted by Gasteiger charge is 2.10. The molecular weight excluding hydrogens is 255 g/mol. The molecule has 0 fully saturated rings. The molecule has 1 N–H and O–H groups in total. The average Bonchev–Trinajstić information content (AvgIpc) is 2.37. The quantitative estimate of drug-likeness (QED) is 0.857. The van der Waals surface area contributed by atoms with Crippen molar-refractivity contribution in [3.8, 4) is 0 Å². The number of aryl methyl sites for hydroxylation is 2. The van der Waals surface area contributed by atoms with Gasteiger partial charge in [0.25, 0.3) is 0 Å². The molecule has 0 amide bonds. The Hall–Kier alpha value is -2.42. The van der Waals surface area contributed by atoms with Crippen LogP contribution in [0.3, 0.4) is 0 Å². The molecule has 0 bridgehead atoms. The van der Waals surface area contributed by atoms with Crippen LogP contribution in [0, 0.1) is 19.7 Å². The van der Waals surface area contributed by atoms with Crippen LogP contribution in [0.2, 0.25) is 0 Å². The third-order valence-electron chi connectivity index (χ3n) is 3.10. The summed E-state index contributed by atoms with van der Waals surface area (Å²) in [7, 11) is 0. The van der Waals surface area contributed by atoms with Crippen LogP contribution < -0.4 is 0 Å². The number of hydrogen-bond donors (Lipinski definition) is 1. The van der Waals surface area contributed by atoms with Crippen molar-refractivity contribution in [2.24, 2.45) is 0 Å². The molecule has 0 aliphatic rings. The first kappa shape index (κ1) is 14.0. The van der Waals surface area contributed by atoms with Crippen LogP contribution in [0.4, 0.5) is 4.39 Å². The van der Waals surface area contributed by atoms with Crippen LogP contribution in [-0.4, -0.2) is 11.1 Å². The molecule has 3 heteroatoms. The summed E-state index contributed by atoms with van der Waals surface area (Å²) in [6.45, 7) is 3.91. The van der Waals surface area contributed by atoms with Crippen LogP contribution in [0.25, 0.3) is 5.57 Å². The number of carboxylic acid groups (broad SMARTS) is 1. The number of benzene rings is 2. The molecule has 0 saturated heterocycles. The summed E-state index contributed by atoms with van der Waals surface area (Å²) >= 11 is 0. The number of hydrogen-bond acceptors (Lipinski definition) is 1. The average molecular weight is 270 g/mol. The fourth-order valence-electron chi connectivity index (χ4n) is 2.19. The maximum Gasteiger partial charge on any atom is 0.328 e. The molecule has 102 valence electrons. The Morgan fingerprint density at radius 3 is 2.30 bits per heavy atom. The Balaban J connectivity index is 2.59. The minimum Gasteiger partial charge on any atom is -0.478 e. The van der Waals surface area contributed by atoms with Gasteiger partial charge in [-0.15, -0.1) is 0 Å². The lowest BCUT2D eigenvalue weighted by molar-refractivity contribution is -0.131. The first-order valence-electron chi connectivity index (χ1n) is 6.25. The molecule has 2 aromatic rings. The van der Waals surface area contributed by atoms with Gasteiger partial charge < -0.3 is 5.11 Å². The smallest absolute Gasteiger partial charge is 0.328 e. The first-order valence-corrected chi connectivity index (χ1v) is 6.25. The fourth-order valence-corrected chi connectivity index (χ4v) is 2.19. The van der Waals surface area contributed by atoms with E-state index in [-0.39, 0.29) is 5.82 Å². The lowest BCUT2D eigenvalue weighted by Crippen LogP contribution is -1.97. The molecule has 0 aliphatic heterocycles. The minimum absolute atomic E-state index is 0.343. The van der Waals surface area contributed by atoms with Crippen molar-refractivity contribution >= 4 is 11.5 Å². The van der Waals surface area contributed by atoms with Crippen molar-refractivity contribution in [1.82, 2.24) is 0 Å². The van der Waals surface area contributed by atoms with E-state index in [1.165, 1.54) is 12.1 Å². The molecule has 2 rings (SSSR count). The van der Waals surface area contributed by atoms with Crippen molar-refractivity contribution in [3.63, 3.8) is 0 Å². The van der Waals surface area contributed by atoms with E-state index in [0.717, 1.165) is 22.8 Å². The first-order chi connectivity index (χ1) is 9.47. The number of rotatable bonds is 3. The van der Waals surface area contributed by atoms with Crippen molar-refractivity contribution in [1.29, 1.82) is 0 Å². The van der Waals surface area contributed by atoms with E-state index in [4.69, 9.17) is 5.11 Å². The normalized spacial score (nSPS) is 11.4. The predicted molar refractivity (Wildman–Crippen MR) is 77.0 cm³/mol. The molecule has 0 atom stereocenters.